The zero-order valence-corrected chi connectivity index (χ0v) is 82.8. The lowest BCUT2D eigenvalue weighted by Crippen LogP contribution is -1.93. The molecular weight excluding hydrogens is 1710 g/mol. The maximum Gasteiger partial charge on any atom is 0.160 e. The smallest absolute Gasteiger partial charge is 0.160 e. The monoisotopic (exact) mass is 1830 g/mol. The number of hydrogen-bond acceptors (Lipinski definition) is 3. The molecule has 650 valence electrons. The van der Waals surface area contributed by atoms with Crippen molar-refractivity contribution in [2.45, 2.75) is 217 Å². The average molecular weight is 1830 g/mol. The number of hydrogen-bond donors (Lipinski definition) is 0. The van der Waals surface area contributed by atoms with Crippen molar-refractivity contribution in [3.8, 4) is 11.5 Å². The molecule has 0 amide bonds. The van der Waals surface area contributed by atoms with Gasteiger partial charge in [-0.15, -0.1) is 11.3 Å². The Morgan fingerprint density at radius 3 is 1.12 bits per heavy atom. The minimum absolute atomic E-state index is 0.241. The molecule has 0 saturated heterocycles. The van der Waals surface area contributed by atoms with Crippen molar-refractivity contribution < 1.29 is 18.3 Å². The van der Waals surface area contributed by atoms with Gasteiger partial charge in [0.2, 0.25) is 0 Å². The van der Waals surface area contributed by atoms with Crippen LogP contribution in [0.1, 0.15) is 278 Å². The minimum Gasteiger partial charge on any atom is -0.493 e. The summed E-state index contributed by atoms with van der Waals surface area (Å²) < 4.78 is 35.3. The molecule has 1 aromatic heterocycles. The number of methoxy groups -OCH3 is 2. The maximum absolute atomic E-state index is 12.6. The first-order valence-electron chi connectivity index (χ1n) is 41.4. The van der Waals surface area contributed by atoms with Gasteiger partial charge in [0.15, 0.2) is 23.1 Å². The largest absolute Gasteiger partial charge is 0.493 e. The van der Waals surface area contributed by atoms with Crippen molar-refractivity contribution in [2.75, 3.05) is 14.2 Å². The Balaban J connectivity index is 0.000000345. The van der Waals surface area contributed by atoms with Crippen molar-refractivity contribution in [2.24, 2.45) is 0 Å². The third kappa shape index (κ3) is 41.1. The van der Waals surface area contributed by atoms with E-state index < -0.39 is 11.6 Å². The van der Waals surface area contributed by atoms with Crippen molar-refractivity contribution in [1.29, 1.82) is 0 Å². The Hall–Kier alpha value is -7.07. The quantitative estimate of drug-likeness (QED) is 0.115. The van der Waals surface area contributed by atoms with Gasteiger partial charge in [0.05, 0.1) is 14.2 Å². The van der Waals surface area contributed by atoms with Gasteiger partial charge in [-0.25, -0.2) is 8.78 Å². The second-order valence-corrected chi connectivity index (χ2v) is 37.2. The van der Waals surface area contributed by atoms with Crippen molar-refractivity contribution in [1.82, 2.24) is 0 Å². The topological polar surface area (TPSA) is 18.5 Å². The third-order valence-corrected chi connectivity index (χ3v) is 22.6. The van der Waals surface area contributed by atoms with Crippen LogP contribution in [0.4, 0.5) is 8.78 Å². The Bertz CT molecular complexity index is 5060. The fourth-order valence-corrected chi connectivity index (χ4v) is 14.6. The molecule has 0 aliphatic rings. The number of fused-ring (bicyclic) bond motifs is 2. The predicted molar refractivity (Wildman–Crippen MR) is 537 cm³/mol. The van der Waals surface area contributed by atoms with E-state index in [-0.39, 0.29) is 5.92 Å². The van der Waals surface area contributed by atoms with Crippen LogP contribution in [-0.4, -0.2) is 14.2 Å². The summed E-state index contributed by atoms with van der Waals surface area (Å²) in [4.78, 5) is 1.48. The van der Waals surface area contributed by atoms with Crippen molar-refractivity contribution in [3.05, 3.63) is 384 Å². The number of benzene rings is 12. The van der Waals surface area contributed by atoms with Gasteiger partial charge in [0.25, 0.3) is 0 Å². The molecule has 13 rings (SSSR count). The van der Waals surface area contributed by atoms with Gasteiger partial charge in [-0.2, -0.15) is 0 Å². The zero-order chi connectivity index (χ0) is 90.8. The average Bonchev–Trinajstić information content (AvgIpc) is 1.05. The van der Waals surface area contributed by atoms with Gasteiger partial charge < -0.3 is 9.47 Å². The molecule has 0 fully saturated rings. The fraction of sp³-hybridized carbons (Fsp3) is 0.327. The van der Waals surface area contributed by atoms with E-state index in [0.717, 1.165) is 64.4 Å². The lowest BCUT2D eigenvalue weighted by molar-refractivity contribution is 0.354. The van der Waals surface area contributed by atoms with E-state index >= 15 is 0 Å². The van der Waals surface area contributed by atoms with E-state index in [4.69, 9.17) is 114 Å². The van der Waals surface area contributed by atoms with E-state index in [9.17, 15) is 8.78 Å². The maximum atomic E-state index is 12.6. The van der Waals surface area contributed by atoms with E-state index in [1.165, 1.54) is 71.4 Å². The van der Waals surface area contributed by atoms with Crippen LogP contribution in [0.5, 0.6) is 11.5 Å². The highest BCUT2D eigenvalue weighted by atomic mass is 35.5. The van der Waals surface area contributed by atoms with Gasteiger partial charge in [0, 0.05) is 50.1 Å². The molecular formula is C107H127Cl9F2O2S. The third-order valence-electron chi connectivity index (χ3n) is 19.0. The fourth-order valence-electron chi connectivity index (χ4n) is 11.5. The van der Waals surface area contributed by atoms with Crippen LogP contribution in [0.3, 0.4) is 0 Å². The van der Waals surface area contributed by atoms with E-state index in [2.05, 4.69) is 271 Å². The molecule has 0 bridgehead atoms. The number of ether oxygens (including phenoxy) is 2. The van der Waals surface area contributed by atoms with E-state index in [1.54, 1.807) is 38.5 Å². The SMILES string of the molecule is CC(C)c1cc(Cl)cc(Cl)c1.CC(C)c1cc(Cl)ccc1Cl.CC(C)c1ccc(Cl)cc1.CC(C)c1ccc(Cl)cc1Cl.CC(C)c1ccc(F)c(F)c1.CC(C)c1ccc2ccccc2c1.CC(C)c1cccc(Cl)c1.CC(C)c1cccc2ccccc12.CC(C)c1ccccc1Cl.CC(C)c1cccs1.COc1ccc(C(C)C)cc1OC. The van der Waals surface area contributed by atoms with E-state index in [0.29, 0.717) is 74.2 Å². The highest BCUT2D eigenvalue weighted by Crippen LogP contribution is 2.34. The van der Waals surface area contributed by atoms with Gasteiger partial charge in [-0.1, -0.05) is 408 Å². The van der Waals surface area contributed by atoms with Crippen LogP contribution in [0.25, 0.3) is 21.5 Å². The lowest BCUT2D eigenvalue weighted by Gasteiger charge is -2.11. The predicted octanol–water partition coefficient (Wildman–Crippen LogP) is 39.5. The second kappa shape index (κ2) is 57.5. The Labute approximate surface area is 775 Å². The Morgan fingerprint density at radius 2 is 0.645 bits per heavy atom. The van der Waals surface area contributed by atoms with Crippen LogP contribution in [-0.2, 0) is 0 Å². The highest BCUT2D eigenvalue weighted by Gasteiger charge is 2.11. The zero-order valence-electron chi connectivity index (χ0n) is 75.1. The normalized spacial score (nSPS) is 10.6. The van der Waals surface area contributed by atoms with Crippen LogP contribution in [0, 0.1) is 11.6 Å². The van der Waals surface area contributed by atoms with Crippen LogP contribution < -0.4 is 9.47 Å². The molecule has 0 unspecified atom stereocenters. The first kappa shape index (κ1) is 108. The minimum atomic E-state index is -0.783. The summed E-state index contributed by atoms with van der Waals surface area (Å²) in [5, 5.41) is 14.4. The molecule has 0 N–H and O–H groups in total. The number of thiophene rings is 1. The van der Waals surface area contributed by atoms with Crippen LogP contribution >= 0.6 is 116 Å². The molecule has 12 aromatic carbocycles. The Kier molecular flexibility index (Phi) is 51.3. The van der Waals surface area contributed by atoms with Crippen LogP contribution in [0.15, 0.2) is 266 Å². The van der Waals surface area contributed by atoms with Gasteiger partial charge in [0.1, 0.15) is 0 Å². The molecule has 0 aliphatic heterocycles. The molecule has 2 nitrogen and oxygen atoms in total. The summed E-state index contributed by atoms with van der Waals surface area (Å²) in [6.45, 7) is 47.1. The first-order valence-corrected chi connectivity index (χ1v) is 45.6. The summed E-state index contributed by atoms with van der Waals surface area (Å²) in [6, 6.07) is 85.2. The summed E-state index contributed by atoms with van der Waals surface area (Å²) >= 11 is 54.3. The molecule has 0 saturated carbocycles. The summed E-state index contributed by atoms with van der Waals surface area (Å²) in [5.41, 5.74) is 12.2. The summed E-state index contributed by atoms with van der Waals surface area (Å²) in [5.74, 6) is 5.76. The standard InChI is InChI=1S/2C13H14.C11H16O2.3C9H10Cl2.3C9H11Cl.C9H10F2.C7H10S/c1-10(2)12-9-5-7-11-6-3-4-8-13(11)12;1-10(2)12-8-7-11-5-3-4-6-13(11)9-12;1-8(2)9-5-6-10(12-3)11(7-9)13-4;1-6(2)7-3-8(10)5-9(11)4-7;1-6(2)8-5-7(10)3-4-9(8)11;1-6(2)8-4-3-7(10)5-9(8)11;1-7(2)8-3-5-9(10)6-4-8;1-7(2)8-4-3-5-9(10)6-8;1-7(2)8-5-3-4-6-9(8)10;1-6(2)7-3-4-8(10)9(11)5-7;1-6(2)7-4-3-5-8-7/h2*3-10H,1-2H3;5-8H,1-4H3;3*3-6H,1-2H3;3*3-7H,1-2H3;3-6H,1-2H3;3-6H,1-2H3. The second-order valence-electron chi connectivity index (χ2n) is 32.3. The summed E-state index contributed by atoms with van der Waals surface area (Å²) in [6.07, 6.45) is 0. The molecule has 0 aliphatic carbocycles. The molecule has 13 aromatic rings. The van der Waals surface area contributed by atoms with Gasteiger partial charge in [-0.3, -0.25) is 0 Å². The number of rotatable bonds is 13. The molecule has 1 heterocycles. The van der Waals surface area contributed by atoms with Gasteiger partial charge in [-0.05, 0) is 257 Å². The van der Waals surface area contributed by atoms with Crippen molar-refractivity contribution in [3.63, 3.8) is 0 Å². The van der Waals surface area contributed by atoms with Crippen molar-refractivity contribution >= 4 is 137 Å². The van der Waals surface area contributed by atoms with E-state index in [1.807, 2.05) is 122 Å². The Morgan fingerprint density at radius 1 is 0.231 bits per heavy atom. The molecule has 0 spiro atoms. The lowest BCUT2D eigenvalue weighted by atomic mass is 9.96. The van der Waals surface area contributed by atoms with Gasteiger partial charge >= 0.3 is 0 Å². The molecule has 0 radical (unpaired) electrons. The van der Waals surface area contributed by atoms with Crippen LogP contribution in [0.2, 0.25) is 45.2 Å². The highest BCUT2D eigenvalue weighted by molar-refractivity contribution is 7.10. The summed E-state index contributed by atoms with van der Waals surface area (Å²) in [7, 11) is 3.30. The molecule has 0 atom stereocenters. The number of halogens is 11. The molecule has 121 heavy (non-hydrogen) atoms. The first-order chi connectivity index (χ1) is 57.1. The molecule has 14 heteroatoms.